The summed E-state index contributed by atoms with van der Waals surface area (Å²) in [6.07, 6.45) is 1.85. The third-order valence-electron chi connectivity index (χ3n) is 2.26. The van der Waals surface area contributed by atoms with Gasteiger partial charge in [-0.3, -0.25) is 4.79 Å². The predicted molar refractivity (Wildman–Crippen MR) is 59.9 cm³/mol. The predicted octanol–water partition coefficient (Wildman–Crippen LogP) is 1.74. The van der Waals surface area contributed by atoms with Crippen LogP contribution in [0, 0.1) is 0 Å². The van der Waals surface area contributed by atoms with Gasteiger partial charge in [0.25, 0.3) is 0 Å². The van der Waals surface area contributed by atoms with Gasteiger partial charge in [-0.25, -0.2) is 0 Å². The Balaban J connectivity index is 2.33. The van der Waals surface area contributed by atoms with Crippen LogP contribution in [-0.4, -0.2) is 22.8 Å². The first kappa shape index (κ1) is 10.5. The van der Waals surface area contributed by atoms with Crippen molar-refractivity contribution in [1.29, 1.82) is 0 Å². The molecule has 4 heteroatoms. The van der Waals surface area contributed by atoms with E-state index < -0.39 is 0 Å². The normalized spacial score (nSPS) is 10.3. The van der Waals surface area contributed by atoms with Gasteiger partial charge in [-0.15, -0.1) is 0 Å². The third-order valence-corrected chi connectivity index (χ3v) is 2.26. The van der Waals surface area contributed by atoms with Crippen LogP contribution in [0.1, 0.15) is 12.6 Å². The summed E-state index contributed by atoms with van der Waals surface area (Å²) in [5, 5.41) is 9.78. The maximum atomic E-state index is 11.4. The molecule has 1 heterocycles. The second-order valence-electron chi connectivity index (χ2n) is 3.36. The molecule has 0 amide bonds. The van der Waals surface area contributed by atoms with Crippen molar-refractivity contribution in [3.8, 4) is 0 Å². The van der Waals surface area contributed by atoms with Crippen molar-refractivity contribution in [3.05, 3.63) is 36.2 Å². The largest absolute Gasteiger partial charge is 0.466 e. The van der Waals surface area contributed by atoms with Crippen LogP contribution in [-0.2, 0) is 16.0 Å². The lowest BCUT2D eigenvalue weighted by Gasteiger charge is -2.03. The molecular weight excluding hydrogens is 204 g/mol. The summed E-state index contributed by atoms with van der Waals surface area (Å²) >= 11 is 0. The molecule has 0 saturated carbocycles. The van der Waals surface area contributed by atoms with Gasteiger partial charge in [0.1, 0.15) is 0 Å². The summed E-state index contributed by atoms with van der Waals surface area (Å²) in [5.41, 5.74) is 0.663. The van der Waals surface area contributed by atoms with E-state index >= 15 is 0 Å². The SMILES string of the molecule is CCOC(=O)Cc1nncc2ccccc12. The molecule has 0 atom stereocenters. The fourth-order valence-electron chi connectivity index (χ4n) is 1.57. The van der Waals surface area contributed by atoms with Crippen LogP contribution < -0.4 is 0 Å². The number of carbonyl (C=O) groups excluding carboxylic acids is 1. The maximum absolute atomic E-state index is 11.4. The summed E-state index contributed by atoms with van der Waals surface area (Å²) in [7, 11) is 0. The maximum Gasteiger partial charge on any atom is 0.311 e. The van der Waals surface area contributed by atoms with Crippen LogP contribution in [0.25, 0.3) is 10.8 Å². The molecule has 0 aliphatic heterocycles. The first-order valence-electron chi connectivity index (χ1n) is 5.16. The number of rotatable bonds is 3. The minimum absolute atomic E-state index is 0.169. The molecule has 0 aliphatic carbocycles. The topological polar surface area (TPSA) is 52.1 Å². The van der Waals surface area contributed by atoms with Gasteiger partial charge in [0.2, 0.25) is 0 Å². The number of benzene rings is 1. The monoisotopic (exact) mass is 216 g/mol. The first-order valence-corrected chi connectivity index (χ1v) is 5.16. The number of fused-ring (bicyclic) bond motifs is 1. The van der Waals surface area contributed by atoms with E-state index in [0.717, 1.165) is 10.8 Å². The van der Waals surface area contributed by atoms with E-state index in [1.165, 1.54) is 0 Å². The number of nitrogens with zero attached hydrogens (tertiary/aromatic N) is 2. The zero-order valence-electron chi connectivity index (χ0n) is 9.01. The lowest BCUT2D eigenvalue weighted by Crippen LogP contribution is -2.09. The van der Waals surface area contributed by atoms with Crippen molar-refractivity contribution in [2.45, 2.75) is 13.3 Å². The van der Waals surface area contributed by atoms with Gasteiger partial charge in [0.05, 0.1) is 24.9 Å². The van der Waals surface area contributed by atoms with Gasteiger partial charge in [-0.2, -0.15) is 10.2 Å². The Morgan fingerprint density at radius 2 is 2.19 bits per heavy atom. The number of esters is 1. The summed E-state index contributed by atoms with van der Waals surface area (Å²) in [6.45, 7) is 2.17. The molecule has 0 bridgehead atoms. The highest BCUT2D eigenvalue weighted by atomic mass is 16.5. The van der Waals surface area contributed by atoms with Crippen molar-refractivity contribution in [3.63, 3.8) is 0 Å². The van der Waals surface area contributed by atoms with Crippen LogP contribution in [0.4, 0.5) is 0 Å². The van der Waals surface area contributed by atoms with E-state index in [1.807, 2.05) is 24.3 Å². The lowest BCUT2D eigenvalue weighted by atomic mass is 10.1. The lowest BCUT2D eigenvalue weighted by molar-refractivity contribution is -0.142. The van der Waals surface area contributed by atoms with Crippen LogP contribution in [0.3, 0.4) is 0 Å². The Labute approximate surface area is 93.3 Å². The fraction of sp³-hybridized carbons (Fsp3) is 0.250. The Morgan fingerprint density at radius 3 is 3.00 bits per heavy atom. The number of hydrogen-bond donors (Lipinski definition) is 0. The number of aromatic nitrogens is 2. The third kappa shape index (κ3) is 2.16. The summed E-state index contributed by atoms with van der Waals surface area (Å²) in [5.74, 6) is -0.270. The van der Waals surface area contributed by atoms with Crippen molar-refractivity contribution in [2.24, 2.45) is 0 Å². The Bertz CT molecular complexity index is 506. The highest BCUT2D eigenvalue weighted by Crippen LogP contribution is 2.15. The molecule has 0 N–H and O–H groups in total. The van der Waals surface area contributed by atoms with E-state index in [4.69, 9.17) is 4.74 Å². The molecule has 82 valence electrons. The van der Waals surface area contributed by atoms with Crippen molar-refractivity contribution < 1.29 is 9.53 Å². The molecule has 1 aromatic heterocycles. The average molecular weight is 216 g/mol. The molecule has 0 spiro atoms. The smallest absolute Gasteiger partial charge is 0.311 e. The van der Waals surface area contributed by atoms with Crippen molar-refractivity contribution >= 4 is 16.7 Å². The molecule has 0 radical (unpaired) electrons. The Hall–Kier alpha value is -1.97. The van der Waals surface area contributed by atoms with E-state index in [9.17, 15) is 4.79 Å². The van der Waals surface area contributed by atoms with Crippen LogP contribution in [0.5, 0.6) is 0 Å². The fourth-order valence-corrected chi connectivity index (χ4v) is 1.57. The Morgan fingerprint density at radius 1 is 1.38 bits per heavy atom. The van der Waals surface area contributed by atoms with E-state index in [0.29, 0.717) is 12.3 Å². The average Bonchev–Trinajstić information content (AvgIpc) is 2.30. The molecule has 4 nitrogen and oxygen atoms in total. The van der Waals surface area contributed by atoms with Gasteiger partial charge in [-0.05, 0) is 6.92 Å². The molecule has 2 aromatic rings. The highest BCUT2D eigenvalue weighted by molar-refractivity contribution is 5.86. The zero-order valence-corrected chi connectivity index (χ0v) is 9.01. The number of ether oxygens (including phenoxy) is 1. The van der Waals surface area contributed by atoms with Crippen LogP contribution >= 0.6 is 0 Å². The molecule has 2 rings (SSSR count). The minimum atomic E-state index is -0.270. The van der Waals surface area contributed by atoms with E-state index in [2.05, 4.69) is 10.2 Å². The summed E-state index contributed by atoms with van der Waals surface area (Å²) in [6, 6.07) is 7.72. The minimum Gasteiger partial charge on any atom is -0.466 e. The van der Waals surface area contributed by atoms with E-state index in [-0.39, 0.29) is 12.4 Å². The van der Waals surface area contributed by atoms with E-state index in [1.54, 1.807) is 13.1 Å². The molecule has 0 unspecified atom stereocenters. The molecule has 0 fully saturated rings. The van der Waals surface area contributed by atoms with Crippen molar-refractivity contribution in [2.75, 3.05) is 6.61 Å². The zero-order chi connectivity index (χ0) is 11.4. The molecule has 1 aromatic carbocycles. The highest BCUT2D eigenvalue weighted by Gasteiger charge is 2.09. The Kier molecular flexibility index (Phi) is 3.10. The second kappa shape index (κ2) is 4.70. The van der Waals surface area contributed by atoms with Crippen LogP contribution in [0.2, 0.25) is 0 Å². The second-order valence-corrected chi connectivity index (χ2v) is 3.36. The number of hydrogen-bond acceptors (Lipinski definition) is 4. The quantitative estimate of drug-likeness (QED) is 0.733. The van der Waals surface area contributed by atoms with Gasteiger partial charge in [-0.1, -0.05) is 24.3 Å². The van der Waals surface area contributed by atoms with Crippen molar-refractivity contribution in [1.82, 2.24) is 10.2 Å². The van der Waals surface area contributed by atoms with Gasteiger partial charge in [0.15, 0.2) is 0 Å². The van der Waals surface area contributed by atoms with Gasteiger partial charge >= 0.3 is 5.97 Å². The standard InChI is InChI=1S/C12H12N2O2/c1-2-16-12(15)7-11-10-6-4-3-5-9(10)8-13-14-11/h3-6,8H,2,7H2,1H3. The van der Waals surface area contributed by atoms with Gasteiger partial charge in [0, 0.05) is 10.8 Å². The molecule has 0 aliphatic rings. The summed E-state index contributed by atoms with van der Waals surface area (Å²) in [4.78, 5) is 11.4. The van der Waals surface area contributed by atoms with Gasteiger partial charge < -0.3 is 4.74 Å². The molecule has 16 heavy (non-hydrogen) atoms. The molecular formula is C12H12N2O2. The first-order chi connectivity index (χ1) is 7.81. The summed E-state index contributed by atoms with van der Waals surface area (Å²) < 4.78 is 4.89. The molecule has 0 saturated heterocycles. The number of carbonyl (C=O) groups is 1. The van der Waals surface area contributed by atoms with Crippen LogP contribution in [0.15, 0.2) is 30.5 Å².